The Morgan fingerprint density at radius 1 is 0.606 bits per heavy atom. The van der Waals surface area contributed by atoms with Crippen molar-refractivity contribution in [2.45, 2.75) is 0 Å². The Balaban J connectivity index is 1.65. The number of hydrogen-bond acceptors (Lipinski definition) is 5. The second kappa shape index (κ2) is 10.4. The number of benzene rings is 4. The molecule has 166 valence electrons. The van der Waals surface area contributed by atoms with E-state index in [9.17, 15) is 0 Å². The molecule has 0 fully saturated rings. The lowest BCUT2D eigenvalue weighted by atomic mass is 10.1. The second-order valence-electron chi connectivity index (χ2n) is 7.43. The lowest BCUT2D eigenvalue weighted by molar-refractivity contribution is 0.414. The van der Waals surface area contributed by atoms with Crippen LogP contribution in [0.3, 0.4) is 0 Å². The van der Waals surface area contributed by atoms with Gasteiger partial charge in [-0.05, 0) is 54.1 Å². The van der Waals surface area contributed by atoms with Crippen molar-refractivity contribution in [3.8, 4) is 11.5 Å². The monoisotopic (exact) mass is 437 g/mol. The van der Waals surface area contributed by atoms with Crippen LogP contribution in [-0.2, 0) is 0 Å². The van der Waals surface area contributed by atoms with Gasteiger partial charge in [-0.2, -0.15) is 5.10 Å². The van der Waals surface area contributed by atoms with Crippen LogP contribution in [0.1, 0.15) is 5.56 Å². The fraction of sp³-hybridized carbons (Fsp3) is 0.107. The molecule has 0 unspecified atom stereocenters. The summed E-state index contributed by atoms with van der Waals surface area (Å²) in [6, 6.07) is 34.4. The highest BCUT2D eigenvalue weighted by Crippen LogP contribution is 2.37. The quantitative estimate of drug-likeness (QED) is 0.229. The van der Waals surface area contributed by atoms with Gasteiger partial charge in [0.15, 0.2) is 0 Å². The molecule has 0 bridgehead atoms. The first-order chi connectivity index (χ1) is 16.2. The normalized spacial score (nSPS) is 10.8. The number of hydrazone groups is 1. The summed E-state index contributed by atoms with van der Waals surface area (Å²) in [5, 5.41) is 6.42. The van der Waals surface area contributed by atoms with Gasteiger partial charge in [-0.15, -0.1) is 0 Å². The van der Waals surface area contributed by atoms with E-state index in [1.165, 1.54) is 0 Å². The minimum Gasteiger partial charge on any atom is -0.497 e. The van der Waals surface area contributed by atoms with Crippen molar-refractivity contribution in [1.82, 2.24) is 0 Å². The van der Waals surface area contributed by atoms with Crippen LogP contribution in [0.25, 0.3) is 0 Å². The Kier molecular flexibility index (Phi) is 6.90. The van der Waals surface area contributed by atoms with E-state index in [1.54, 1.807) is 14.2 Å². The summed E-state index contributed by atoms with van der Waals surface area (Å²) >= 11 is 0. The van der Waals surface area contributed by atoms with Crippen molar-refractivity contribution < 1.29 is 9.47 Å². The predicted molar refractivity (Wildman–Crippen MR) is 137 cm³/mol. The SMILES string of the molecule is COc1cccc(N(c2ccc(/C=N/N(C)c3ccccc3)cc2)c2cccc(OC)c2)c1. The van der Waals surface area contributed by atoms with E-state index in [0.717, 1.165) is 39.8 Å². The molecular formula is C28H27N3O2. The largest absolute Gasteiger partial charge is 0.497 e. The number of para-hydroxylation sites is 1. The molecule has 0 saturated heterocycles. The Hall–Kier alpha value is -4.25. The van der Waals surface area contributed by atoms with E-state index in [2.05, 4.69) is 46.4 Å². The highest BCUT2D eigenvalue weighted by molar-refractivity contribution is 5.83. The van der Waals surface area contributed by atoms with Gasteiger partial charge in [-0.3, -0.25) is 5.01 Å². The van der Waals surface area contributed by atoms with Gasteiger partial charge in [-0.25, -0.2) is 0 Å². The zero-order valence-corrected chi connectivity index (χ0v) is 19.1. The molecule has 0 amide bonds. The fourth-order valence-electron chi connectivity index (χ4n) is 3.52. The fourth-order valence-corrected chi connectivity index (χ4v) is 3.52. The molecule has 0 aliphatic heterocycles. The van der Waals surface area contributed by atoms with Gasteiger partial charge in [0.1, 0.15) is 11.5 Å². The molecular weight excluding hydrogens is 410 g/mol. The Bertz CT molecular complexity index is 1160. The van der Waals surface area contributed by atoms with Gasteiger partial charge in [0, 0.05) is 36.2 Å². The van der Waals surface area contributed by atoms with Gasteiger partial charge >= 0.3 is 0 Å². The van der Waals surface area contributed by atoms with E-state index in [4.69, 9.17) is 9.47 Å². The van der Waals surface area contributed by atoms with Gasteiger partial charge in [0.05, 0.1) is 26.1 Å². The van der Waals surface area contributed by atoms with Crippen LogP contribution in [0, 0.1) is 0 Å². The van der Waals surface area contributed by atoms with Crippen LogP contribution in [0.4, 0.5) is 22.7 Å². The standard InChI is InChI=1S/C28H27N3O2/c1-30(23-9-5-4-6-10-23)29-21-22-15-17-24(18-16-22)31(25-11-7-13-27(19-25)32-2)26-12-8-14-28(20-26)33-3/h4-21H,1-3H3/b29-21+. The Morgan fingerprint density at radius 2 is 1.15 bits per heavy atom. The third-order valence-corrected chi connectivity index (χ3v) is 5.28. The minimum absolute atomic E-state index is 0.799. The number of anilines is 4. The summed E-state index contributed by atoms with van der Waals surface area (Å²) in [7, 11) is 5.29. The number of rotatable bonds is 8. The maximum atomic E-state index is 5.46. The van der Waals surface area contributed by atoms with Crippen molar-refractivity contribution in [2.24, 2.45) is 5.10 Å². The first kappa shape index (κ1) is 22.0. The zero-order chi connectivity index (χ0) is 23.0. The van der Waals surface area contributed by atoms with E-state index in [1.807, 2.05) is 85.0 Å². The molecule has 5 nitrogen and oxygen atoms in total. The maximum Gasteiger partial charge on any atom is 0.120 e. The third kappa shape index (κ3) is 5.33. The van der Waals surface area contributed by atoms with Crippen LogP contribution in [0.2, 0.25) is 0 Å². The number of ether oxygens (including phenoxy) is 2. The van der Waals surface area contributed by atoms with Crippen LogP contribution in [0.15, 0.2) is 108 Å². The molecule has 33 heavy (non-hydrogen) atoms. The molecule has 0 aliphatic carbocycles. The van der Waals surface area contributed by atoms with Gasteiger partial charge in [0.25, 0.3) is 0 Å². The van der Waals surface area contributed by atoms with Gasteiger partial charge in [-0.1, -0.05) is 42.5 Å². The molecule has 0 heterocycles. The number of hydrogen-bond donors (Lipinski definition) is 0. The molecule has 0 aliphatic rings. The lowest BCUT2D eigenvalue weighted by Gasteiger charge is -2.26. The van der Waals surface area contributed by atoms with Crippen molar-refractivity contribution in [2.75, 3.05) is 31.2 Å². The van der Waals surface area contributed by atoms with E-state index < -0.39 is 0 Å². The zero-order valence-electron chi connectivity index (χ0n) is 19.1. The average molecular weight is 438 g/mol. The molecule has 4 rings (SSSR count). The summed E-state index contributed by atoms with van der Waals surface area (Å²) in [6.45, 7) is 0. The van der Waals surface area contributed by atoms with Crippen LogP contribution < -0.4 is 19.4 Å². The first-order valence-electron chi connectivity index (χ1n) is 10.7. The first-order valence-corrected chi connectivity index (χ1v) is 10.7. The van der Waals surface area contributed by atoms with Gasteiger partial charge in [0.2, 0.25) is 0 Å². The van der Waals surface area contributed by atoms with Crippen LogP contribution in [0.5, 0.6) is 11.5 Å². The molecule has 0 aromatic heterocycles. The summed E-state index contributed by atoms with van der Waals surface area (Å²) in [5.74, 6) is 1.60. The molecule has 0 atom stereocenters. The lowest BCUT2D eigenvalue weighted by Crippen LogP contribution is -2.10. The molecule has 0 radical (unpaired) electrons. The van der Waals surface area contributed by atoms with Crippen LogP contribution >= 0.6 is 0 Å². The smallest absolute Gasteiger partial charge is 0.120 e. The van der Waals surface area contributed by atoms with Crippen molar-refractivity contribution in [3.05, 3.63) is 109 Å². The highest BCUT2D eigenvalue weighted by atomic mass is 16.5. The predicted octanol–water partition coefficient (Wildman–Crippen LogP) is 6.64. The molecule has 4 aromatic rings. The molecule has 5 heteroatoms. The molecule has 0 N–H and O–H groups in total. The van der Waals surface area contributed by atoms with Gasteiger partial charge < -0.3 is 14.4 Å². The third-order valence-electron chi connectivity index (χ3n) is 5.28. The Labute approximate surface area is 195 Å². The molecule has 0 spiro atoms. The number of methoxy groups -OCH3 is 2. The summed E-state index contributed by atoms with van der Waals surface area (Å²) in [6.07, 6.45) is 1.86. The Morgan fingerprint density at radius 3 is 1.70 bits per heavy atom. The van der Waals surface area contributed by atoms with Crippen LogP contribution in [-0.4, -0.2) is 27.5 Å². The highest BCUT2D eigenvalue weighted by Gasteiger charge is 2.14. The molecule has 4 aromatic carbocycles. The summed E-state index contributed by atoms with van der Waals surface area (Å²) in [4.78, 5) is 2.17. The second-order valence-corrected chi connectivity index (χ2v) is 7.43. The summed E-state index contributed by atoms with van der Waals surface area (Å²) in [5.41, 5.74) is 5.05. The van der Waals surface area contributed by atoms with Crippen molar-refractivity contribution in [1.29, 1.82) is 0 Å². The number of nitrogens with zero attached hydrogens (tertiary/aromatic N) is 3. The molecule has 0 saturated carbocycles. The maximum absolute atomic E-state index is 5.46. The van der Waals surface area contributed by atoms with Crippen molar-refractivity contribution >= 4 is 29.0 Å². The average Bonchev–Trinajstić information content (AvgIpc) is 2.89. The van der Waals surface area contributed by atoms with Crippen molar-refractivity contribution in [3.63, 3.8) is 0 Å². The van der Waals surface area contributed by atoms with E-state index >= 15 is 0 Å². The minimum atomic E-state index is 0.799. The topological polar surface area (TPSA) is 37.3 Å². The summed E-state index contributed by atoms with van der Waals surface area (Å²) < 4.78 is 10.9. The van der Waals surface area contributed by atoms with E-state index in [-0.39, 0.29) is 0 Å². The van der Waals surface area contributed by atoms with E-state index in [0.29, 0.717) is 0 Å².